The fourth-order valence-electron chi connectivity index (χ4n) is 1.13. The van der Waals surface area contributed by atoms with E-state index in [0.29, 0.717) is 5.82 Å². The second-order valence-corrected chi connectivity index (χ2v) is 2.52. The molecular weight excluding hydrogens is 150 g/mol. The summed E-state index contributed by atoms with van der Waals surface area (Å²) in [5.41, 5.74) is 7.53. The third kappa shape index (κ3) is 1.05. The molecule has 0 saturated heterocycles. The van der Waals surface area contributed by atoms with Crippen LogP contribution >= 0.6 is 0 Å². The smallest absolute Gasteiger partial charge is 0.110 e. The van der Waals surface area contributed by atoms with Crippen LogP contribution in [0.25, 0.3) is 11.3 Å². The van der Waals surface area contributed by atoms with Crippen LogP contribution in [0.2, 0.25) is 0 Å². The Kier molecular flexibility index (Phi) is 1.55. The molecule has 0 aliphatic heterocycles. The van der Waals surface area contributed by atoms with Crippen molar-refractivity contribution >= 4 is 5.82 Å². The summed E-state index contributed by atoms with van der Waals surface area (Å²) in [5.74, 6) is 0.661. The van der Waals surface area contributed by atoms with Crippen LogP contribution < -0.4 is 5.73 Å². The van der Waals surface area contributed by atoms with Crippen LogP contribution in [-0.4, -0.2) is 9.97 Å². The van der Waals surface area contributed by atoms with Crippen molar-refractivity contribution < 1.29 is 0 Å². The van der Waals surface area contributed by atoms with E-state index in [4.69, 9.17) is 5.73 Å². The lowest BCUT2D eigenvalue weighted by atomic mass is 10.2. The number of H-pyrrole nitrogens is 1. The second-order valence-electron chi connectivity index (χ2n) is 2.52. The molecule has 0 saturated carbocycles. The Morgan fingerprint density at radius 3 is 2.75 bits per heavy atom. The molecule has 0 aromatic carbocycles. The first kappa shape index (κ1) is 6.91. The van der Waals surface area contributed by atoms with E-state index in [2.05, 4.69) is 9.97 Å². The Balaban J connectivity index is 2.51. The maximum atomic E-state index is 5.68. The summed E-state index contributed by atoms with van der Waals surface area (Å²) in [4.78, 5) is 7.09. The van der Waals surface area contributed by atoms with Crippen LogP contribution in [0, 0.1) is 0 Å². The molecule has 0 radical (unpaired) electrons. The highest BCUT2D eigenvalue weighted by molar-refractivity contribution is 5.70. The standard InChI is InChI=1S/C9H9N3/c10-9-7(4-6-12-9)8-3-1-2-5-11-8/h1-6,12H,10H2. The molecular formula is C9H9N3. The Morgan fingerprint density at radius 2 is 2.17 bits per heavy atom. The number of nitrogens with two attached hydrogens (primary N) is 1. The lowest BCUT2D eigenvalue weighted by Gasteiger charge is -1.96. The summed E-state index contributed by atoms with van der Waals surface area (Å²) in [7, 11) is 0. The third-order valence-electron chi connectivity index (χ3n) is 1.72. The van der Waals surface area contributed by atoms with Crippen LogP contribution in [0.15, 0.2) is 36.7 Å². The predicted molar refractivity (Wildman–Crippen MR) is 48.4 cm³/mol. The van der Waals surface area contributed by atoms with Gasteiger partial charge in [0, 0.05) is 18.0 Å². The van der Waals surface area contributed by atoms with Gasteiger partial charge in [0.05, 0.1) is 5.69 Å². The maximum Gasteiger partial charge on any atom is 0.110 e. The number of hydrogen-bond donors (Lipinski definition) is 2. The van der Waals surface area contributed by atoms with E-state index >= 15 is 0 Å². The summed E-state index contributed by atoms with van der Waals surface area (Å²) in [6, 6.07) is 7.66. The molecule has 3 nitrogen and oxygen atoms in total. The first-order chi connectivity index (χ1) is 5.88. The Bertz CT molecular complexity index is 364. The number of rotatable bonds is 1. The molecule has 60 valence electrons. The van der Waals surface area contributed by atoms with Crippen molar-refractivity contribution in [1.29, 1.82) is 0 Å². The molecule has 2 rings (SSSR count). The van der Waals surface area contributed by atoms with Gasteiger partial charge in [-0.05, 0) is 18.2 Å². The minimum absolute atomic E-state index is 0.661. The van der Waals surface area contributed by atoms with E-state index in [0.717, 1.165) is 11.3 Å². The number of nitrogen functional groups attached to an aromatic ring is 1. The van der Waals surface area contributed by atoms with Crippen molar-refractivity contribution in [3.8, 4) is 11.3 Å². The van der Waals surface area contributed by atoms with Crippen molar-refractivity contribution in [2.45, 2.75) is 0 Å². The summed E-state index contributed by atoms with van der Waals surface area (Å²) in [6.45, 7) is 0. The molecule has 0 spiro atoms. The number of aromatic nitrogens is 2. The molecule has 0 fully saturated rings. The zero-order chi connectivity index (χ0) is 8.39. The highest BCUT2D eigenvalue weighted by atomic mass is 14.8. The Morgan fingerprint density at radius 1 is 1.25 bits per heavy atom. The van der Waals surface area contributed by atoms with Gasteiger partial charge in [-0.2, -0.15) is 0 Å². The molecule has 3 heteroatoms. The molecule has 0 aliphatic carbocycles. The van der Waals surface area contributed by atoms with Gasteiger partial charge in [0.25, 0.3) is 0 Å². The van der Waals surface area contributed by atoms with Crippen molar-refractivity contribution in [3.63, 3.8) is 0 Å². The van der Waals surface area contributed by atoms with Crippen LogP contribution in [0.3, 0.4) is 0 Å². The minimum Gasteiger partial charge on any atom is -0.385 e. The van der Waals surface area contributed by atoms with Crippen LogP contribution in [0.4, 0.5) is 5.82 Å². The van der Waals surface area contributed by atoms with Crippen LogP contribution in [0.5, 0.6) is 0 Å². The molecule has 2 aromatic heterocycles. The molecule has 0 unspecified atom stereocenters. The first-order valence-electron chi connectivity index (χ1n) is 3.72. The maximum absolute atomic E-state index is 5.68. The summed E-state index contributed by atoms with van der Waals surface area (Å²) >= 11 is 0. The molecule has 0 atom stereocenters. The van der Waals surface area contributed by atoms with Gasteiger partial charge in [0.15, 0.2) is 0 Å². The van der Waals surface area contributed by atoms with E-state index in [-0.39, 0.29) is 0 Å². The van der Waals surface area contributed by atoms with Gasteiger partial charge in [0.2, 0.25) is 0 Å². The van der Waals surface area contributed by atoms with E-state index in [1.54, 1.807) is 12.4 Å². The number of aromatic amines is 1. The van der Waals surface area contributed by atoms with Gasteiger partial charge in [-0.1, -0.05) is 6.07 Å². The topological polar surface area (TPSA) is 54.7 Å². The average Bonchev–Trinajstić information content (AvgIpc) is 2.53. The molecule has 0 aliphatic rings. The summed E-state index contributed by atoms with van der Waals surface area (Å²) in [6.07, 6.45) is 3.56. The van der Waals surface area contributed by atoms with Crippen molar-refractivity contribution in [3.05, 3.63) is 36.7 Å². The second kappa shape index (κ2) is 2.70. The van der Waals surface area contributed by atoms with E-state index in [1.807, 2.05) is 24.3 Å². The zero-order valence-electron chi connectivity index (χ0n) is 6.49. The number of pyridine rings is 1. The van der Waals surface area contributed by atoms with Crippen molar-refractivity contribution in [1.82, 2.24) is 9.97 Å². The fraction of sp³-hybridized carbons (Fsp3) is 0. The molecule has 0 amide bonds. The van der Waals surface area contributed by atoms with Gasteiger partial charge in [0.1, 0.15) is 5.82 Å². The SMILES string of the molecule is Nc1[nH]ccc1-c1ccccn1. The van der Waals surface area contributed by atoms with Crippen LogP contribution in [-0.2, 0) is 0 Å². The summed E-state index contributed by atoms with van der Waals surface area (Å²) < 4.78 is 0. The third-order valence-corrected chi connectivity index (χ3v) is 1.72. The summed E-state index contributed by atoms with van der Waals surface area (Å²) in [5, 5.41) is 0. The number of hydrogen-bond acceptors (Lipinski definition) is 2. The molecule has 12 heavy (non-hydrogen) atoms. The van der Waals surface area contributed by atoms with Gasteiger partial charge < -0.3 is 10.7 Å². The van der Waals surface area contributed by atoms with Gasteiger partial charge >= 0.3 is 0 Å². The zero-order valence-corrected chi connectivity index (χ0v) is 6.49. The normalized spacial score (nSPS) is 10.0. The largest absolute Gasteiger partial charge is 0.385 e. The lowest BCUT2D eigenvalue weighted by molar-refractivity contribution is 1.33. The average molecular weight is 159 g/mol. The molecule has 2 aromatic rings. The predicted octanol–water partition coefficient (Wildman–Crippen LogP) is 1.66. The minimum atomic E-state index is 0.661. The number of nitrogens with zero attached hydrogens (tertiary/aromatic N) is 1. The van der Waals surface area contributed by atoms with Gasteiger partial charge in [-0.25, -0.2) is 0 Å². The van der Waals surface area contributed by atoms with E-state index < -0.39 is 0 Å². The van der Waals surface area contributed by atoms with Crippen LogP contribution in [0.1, 0.15) is 0 Å². The number of anilines is 1. The fourth-order valence-corrected chi connectivity index (χ4v) is 1.13. The Hall–Kier alpha value is -1.77. The highest BCUT2D eigenvalue weighted by Crippen LogP contribution is 2.21. The van der Waals surface area contributed by atoms with Crippen molar-refractivity contribution in [2.75, 3.05) is 5.73 Å². The Labute approximate surface area is 70.3 Å². The number of nitrogens with one attached hydrogen (secondary N) is 1. The van der Waals surface area contributed by atoms with Crippen molar-refractivity contribution in [2.24, 2.45) is 0 Å². The highest BCUT2D eigenvalue weighted by Gasteiger charge is 2.02. The molecule has 3 N–H and O–H groups in total. The molecule has 2 heterocycles. The lowest BCUT2D eigenvalue weighted by Crippen LogP contribution is -1.88. The quantitative estimate of drug-likeness (QED) is 0.664. The van der Waals surface area contributed by atoms with E-state index in [1.165, 1.54) is 0 Å². The van der Waals surface area contributed by atoms with Gasteiger partial charge in [-0.15, -0.1) is 0 Å². The monoisotopic (exact) mass is 159 g/mol. The van der Waals surface area contributed by atoms with Gasteiger partial charge in [-0.3, -0.25) is 4.98 Å². The van der Waals surface area contributed by atoms with E-state index in [9.17, 15) is 0 Å². The molecule has 0 bridgehead atoms. The first-order valence-corrected chi connectivity index (χ1v) is 3.72.